The van der Waals surface area contributed by atoms with Gasteiger partial charge in [-0.1, -0.05) is 12.8 Å². The van der Waals surface area contributed by atoms with Gasteiger partial charge in [0.15, 0.2) is 0 Å². The lowest BCUT2D eigenvalue weighted by molar-refractivity contribution is -0.155. The average Bonchev–Trinajstić information content (AvgIpc) is 2.35. The van der Waals surface area contributed by atoms with Crippen LogP contribution in [0.1, 0.15) is 67.2 Å². The molecule has 0 unspecified atom stereocenters. The van der Waals surface area contributed by atoms with Crippen LogP contribution in [0.3, 0.4) is 0 Å². The first-order chi connectivity index (χ1) is 9.17. The smallest absolute Gasteiger partial charge is 0.311 e. The van der Waals surface area contributed by atoms with Crippen molar-refractivity contribution in [2.24, 2.45) is 10.8 Å². The Morgan fingerprint density at radius 2 is 1.05 bits per heavy atom. The van der Waals surface area contributed by atoms with Gasteiger partial charge in [-0.15, -0.1) is 0 Å². The number of hydrogen-bond acceptors (Lipinski definition) is 4. The molecule has 0 bridgehead atoms. The van der Waals surface area contributed by atoms with E-state index in [0.717, 1.165) is 25.7 Å². The van der Waals surface area contributed by atoms with Crippen molar-refractivity contribution in [2.75, 3.05) is 13.2 Å². The summed E-state index contributed by atoms with van der Waals surface area (Å²) in [5.41, 5.74) is -0.909. The van der Waals surface area contributed by atoms with E-state index in [2.05, 4.69) is 0 Å². The molecule has 4 nitrogen and oxygen atoms in total. The van der Waals surface area contributed by atoms with Crippen LogP contribution in [0.2, 0.25) is 0 Å². The third kappa shape index (κ3) is 6.40. The van der Waals surface area contributed by atoms with Gasteiger partial charge in [0.2, 0.25) is 0 Å². The van der Waals surface area contributed by atoms with Gasteiger partial charge in [-0.2, -0.15) is 0 Å². The minimum Gasteiger partial charge on any atom is -0.466 e. The summed E-state index contributed by atoms with van der Waals surface area (Å²) in [6.07, 6.45) is 3.33. The molecule has 118 valence electrons. The zero-order valence-electron chi connectivity index (χ0n) is 13.9. The van der Waals surface area contributed by atoms with E-state index in [-0.39, 0.29) is 11.9 Å². The number of unbranched alkanes of at least 4 members (excludes halogenated alkanes) is 1. The summed E-state index contributed by atoms with van der Waals surface area (Å²) in [6, 6.07) is 0. The molecule has 0 heterocycles. The molecule has 0 aliphatic rings. The van der Waals surface area contributed by atoms with Gasteiger partial charge < -0.3 is 9.47 Å². The zero-order chi connectivity index (χ0) is 15.8. The second-order valence-electron chi connectivity index (χ2n) is 6.42. The maximum absolute atomic E-state index is 11.8. The van der Waals surface area contributed by atoms with Gasteiger partial charge in [0.1, 0.15) is 0 Å². The summed E-state index contributed by atoms with van der Waals surface area (Å²) < 4.78 is 10.1. The van der Waals surface area contributed by atoms with E-state index in [1.165, 1.54) is 0 Å². The number of carbonyl (C=O) groups excluding carboxylic acids is 2. The molecule has 0 amide bonds. The monoisotopic (exact) mass is 286 g/mol. The van der Waals surface area contributed by atoms with Gasteiger partial charge >= 0.3 is 11.9 Å². The zero-order valence-corrected chi connectivity index (χ0v) is 13.9. The second-order valence-corrected chi connectivity index (χ2v) is 6.42. The predicted octanol–water partition coefficient (Wildman–Crippen LogP) is 3.73. The largest absolute Gasteiger partial charge is 0.466 e. The van der Waals surface area contributed by atoms with Crippen molar-refractivity contribution < 1.29 is 19.1 Å². The van der Waals surface area contributed by atoms with Gasteiger partial charge in [-0.25, -0.2) is 0 Å². The van der Waals surface area contributed by atoms with Gasteiger partial charge in [-0.3, -0.25) is 9.59 Å². The fraction of sp³-hybridized carbons (Fsp3) is 0.875. The molecule has 0 fully saturated rings. The van der Waals surface area contributed by atoms with Crippen molar-refractivity contribution in [3.63, 3.8) is 0 Å². The summed E-state index contributed by atoms with van der Waals surface area (Å²) in [7, 11) is 0. The molecule has 0 saturated carbocycles. The molecule has 0 N–H and O–H groups in total. The van der Waals surface area contributed by atoms with E-state index < -0.39 is 10.8 Å². The second kappa shape index (κ2) is 8.28. The summed E-state index contributed by atoms with van der Waals surface area (Å²) in [6.45, 7) is 12.1. The maximum Gasteiger partial charge on any atom is 0.311 e. The Balaban J connectivity index is 4.13. The highest BCUT2D eigenvalue weighted by atomic mass is 16.5. The molecule has 20 heavy (non-hydrogen) atoms. The normalized spacial score (nSPS) is 12.1. The highest BCUT2D eigenvalue weighted by Gasteiger charge is 2.31. The quantitative estimate of drug-likeness (QED) is 0.479. The van der Waals surface area contributed by atoms with Crippen LogP contribution in [0.25, 0.3) is 0 Å². The number of esters is 2. The van der Waals surface area contributed by atoms with Crippen LogP contribution < -0.4 is 0 Å². The molecular weight excluding hydrogens is 256 g/mol. The van der Waals surface area contributed by atoms with Crippen LogP contribution in [0.15, 0.2) is 0 Å². The molecule has 0 spiro atoms. The number of ether oxygens (including phenoxy) is 2. The molecule has 0 aliphatic carbocycles. The average molecular weight is 286 g/mol. The van der Waals surface area contributed by atoms with Crippen LogP contribution in [-0.4, -0.2) is 25.2 Å². The summed E-state index contributed by atoms with van der Waals surface area (Å²) in [5, 5.41) is 0. The van der Waals surface area contributed by atoms with Gasteiger partial charge in [0, 0.05) is 0 Å². The fourth-order valence-corrected chi connectivity index (χ4v) is 1.99. The standard InChI is InChI=1S/C16H30O4/c1-7-19-13(17)15(3,4)11-9-10-12-16(5,6)14(18)20-8-2/h7-12H2,1-6H3. The van der Waals surface area contributed by atoms with E-state index in [1.54, 1.807) is 0 Å². The lowest BCUT2D eigenvalue weighted by Gasteiger charge is -2.24. The molecule has 0 saturated heterocycles. The first-order valence-corrected chi connectivity index (χ1v) is 7.52. The SMILES string of the molecule is CCOC(=O)C(C)(C)CCCCC(C)(C)C(=O)OCC. The van der Waals surface area contributed by atoms with E-state index in [9.17, 15) is 9.59 Å². The fourth-order valence-electron chi connectivity index (χ4n) is 1.99. The predicted molar refractivity (Wildman–Crippen MR) is 79.3 cm³/mol. The van der Waals surface area contributed by atoms with Crippen LogP contribution in [-0.2, 0) is 19.1 Å². The van der Waals surface area contributed by atoms with Gasteiger partial charge in [0.05, 0.1) is 24.0 Å². The Hall–Kier alpha value is -1.06. The lowest BCUT2D eigenvalue weighted by atomic mass is 9.83. The maximum atomic E-state index is 11.8. The van der Waals surface area contributed by atoms with E-state index in [4.69, 9.17) is 9.47 Å². The van der Waals surface area contributed by atoms with Crippen molar-refractivity contribution in [3.8, 4) is 0 Å². The van der Waals surface area contributed by atoms with Crippen molar-refractivity contribution in [1.29, 1.82) is 0 Å². The molecular formula is C16H30O4. The Morgan fingerprint density at radius 3 is 1.30 bits per heavy atom. The van der Waals surface area contributed by atoms with Crippen molar-refractivity contribution in [2.45, 2.75) is 67.2 Å². The van der Waals surface area contributed by atoms with Crippen LogP contribution >= 0.6 is 0 Å². The first-order valence-electron chi connectivity index (χ1n) is 7.52. The molecule has 0 aromatic rings. The van der Waals surface area contributed by atoms with Crippen LogP contribution in [0, 0.1) is 10.8 Å². The summed E-state index contributed by atoms with van der Waals surface area (Å²) >= 11 is 0. The number of carbonyl (C=O) groups is 2. The Kier molecular flexibility index (Phi) is 7.84. The topological polar surface area (TPSA) is 52.6 Å². The van der Waals surface area contributed by atoms with E-state index in [0.29, 0.717) is 13.2 Å². The third-order valence-corrected chi connectivity index (χ3v) is 3.51. The first kappa shape index (κ1) is 18.9. The molecule has 0 rings (SSSR count). The Labute approximate surface area is 123 Å². The molecule has 0 radical (unpaired) electrons. The number of rotatable bonds is 9. The third-order valence-electron chi connectivity index (χ3n) is 3.51. The molecule has 0 aliphatic heterocycles. The van der Waals surface area contributed by atoms with E-state index in [1.807, 2.05) is 41.5 Å². The lowest BCUT2D eigenvalue weighted by Crippen LogP contribution is -2.28. The number of hydrogen-bond donors (Lipinski definition) is 0. The van der Waals surface area contributed by atoms with Crippen molar-refractivity contribution in [3.05, 3.63) is 0 Å². The van der Waals surface area contributed by atoms with Crippen LogP contribution in [0.5, 0.6) is 0 Å². The molecule has 0 aromatic carbocycles. The Bertz CT molecular complexity index is 286. The highest BCUT2D eigenvalue weighted by molar-refractivity contribution is 5.76. The minimum absolute atomic E-state index is 0.148. The van der Waals surface area contributed by atoms with Crippen LogP contribution in [0.4, 0.5) is 0 Å². The minimum atomic E-state index is -0.454. The molecule has 0 atom stereocenters. The molecule has 4 heteroatoms. The van der Waals surface area contributed by atoms with Crippen molar-refractivity contribution in [1.82, 2.24) is 0 Å². The van der Waals surface area contributed by atoms with Gasteiger partial charge in [0.25, 0.3) is 0 Å². The Morgan fingerprint density at radius 1 is 0.750 bits per heavy atom. The summed E-state index contributed by atoms with van der Waals surface area (Å²) in [4.78, 5) is 23.5. The summed E-state index contributed by atoms with van der Waals surface area (Å²) in [5.74, 6) is -0.297. The van der Waals surface area contributed by atoms with Gasteiger partial charge in [-0.05, 0) is 54.4 Å². The van der Waals surface area contributed by atoms with E-state index >= 15 is 0 Å². The molecule has 0 aromatic heterocycles. The van der Waals surface area contributed by atoms with Crippen molar-refractivity contribution >= 4 is 11.9 Å². The highest BCUT2D eigenvalue weighted by Crippen LogP contribution is 2.29.